The molecule has 1 N–H and O–H groups in total. The van der Waals surface area contributed by atoms with Crippen LogP contribution in [0.25, 0.3) is 0 Å². The fourth-order valence-corrected chi connectivity index (χ4v) is 1.19. The highest BCUT2D eigenvalue weighted by Gasteiger charge is 1.98. The number of hydrogen-bond donors (Lipinski definition) is 1. The van der Waals surface area contributed by atoms with E-state index in [1.165, 1.54) is 11.1 Å². The fourth-order valence-electron chi connectivity index (χ4n) is 1.06. The predicted octanol–water partition coefficient (Wildman–Crippen LogP) is 3.18. The second-order valence-corrected chi connectivity index (χ2v) is 3.28. The number of anilines is 1. The van der Waals surface area contributed by atoms with Crippen molar-refractivity contribution in [2.45, 2.75) is 19.8 Å². The van der Waals surface area contributed by atoms with Crippen LogP contribution in [0.2, 0.25) is 0 Å². The van der Waals surface area contributed by atoms with Gasteiger partial charge in [0.25, 0.3) is 0 Å². The lowest BCUT2D eigenvalue weighted by atomic mass is 10.0. The van der Waals surface area contributed by atoms with Crippen LogP contribution in [0.1, 0.15) is 25.3 Å². The molecule has 0 spiro atoms. The maximum atomic E-state index is 4.71. The van der Waals surface area contributed by atoms with Gasteiger partial charge in [-0.05, 0) is 23.6 Å². The Morgan fingerprint density at radius 2 is 2.17 bits per heavy atom. The highest BCUT2D eigenvalue weighted by molar-refractivity contribution is 7.79. The molecule has 0 bridgehead atoms. The molecular weight excluding hydrogens is 166 g/mol. The zero-order chi connectivity index (χ0) is 8.97. The van der Waals surface area contributed by atoms with Gasteiger partial charge >= 0.3 is 0 Å². The standard InChI is InChI=1S/C10H13NS/c1-8(2)9-4-3-5-10(6-9)11-7-12/h3-8H,1-2H3,(H,11,12). The minimum Gasteiger partial charge on any atom is -0.353 e. The lowest BCUT2D eigenvalue weighted by molar-refractivity contribution is 0.867. The van der Waals surface area contributed by atoms with Crippen molar-refractivity contribution in [3.63, 3.8) is 0 Å². The van der Waals surface area contributed by atoms with Crippen molar-refractivity contribution < 1.29 is 0 Å². The monoisotopic (exact) mass is 179 g/mol. The van der Waals surface area contributed by atoms with E-state index < -0.39 is 0 Å². The van der Waals surface area contributed by atoms with Gasteiger partial charge < -0.3 is 5.32 Å². The summed E-state index contributed by atoms with van der Waals surface area (Å²) in [5, 5.41) is 2.99. The van der Waals surface area contributed by atoms with Gasteiger partial charge in [0, 0.05) is 5.69 Å². The molecule has 1 aromatic rings. The predicted molar refractivity (Wildman–Crippen MR) is 57.8 cm³/mol. The lowest BCUT2D eigenvalue weighted by Crippen LogP contribution is -1.94. The molecule has 0 radical (unpaired) electrons. The molecule has 0 aliphatic rings. The number of benzene rings is 1. The normalized spacial score (nSPS) is 9.92. The summed E-state index contributed by atoms with van der Waals surface area (Å²) in [6, 6.07) is 8.29. The molecule has 0 amide bonds. The molecule has 0 aliphatic heterocycles. The third-order valence-electron chi connectivity index (χ3n) is 1.78. The first kappa shape index (κ1) is 9.20. The van der Waals surface area contributed by atoms with Crippen LogP contribution in [-0.4, -0.2) is 5.49 Å². The molecule has 0 saturated carbocycles. The zero-order valence-electron chi connectivity index (χ0n) is 7.37. The second kappa shape index (κ2) is 4.21. The molecule has 1 nitrogen and oxygen atoms in total. The van der Waals surface area contributed by atoms with Gasteiger partial charge in [0.1, 0.15) is 0 Å². The van der Waals surface area contributed by atoms with Gasteiger partial charge in [0.15, 0.2) is 0 Å². The van der Waals surface area contributed by atoms with Gasteiger partial charge in [-0.3, -0.25) is 0 Å². The van der Waals surface area contributed by atoms with E-state index in [4.69, 9.17) is 12.2 Å². The van der Waals surface area contributed by atoms with E-state index in [9.17, 15) is 0 Å². The van der Waals surface area contributed by atoms with Crippen LogP contribution in [0.15, 0.2) is 24.3 Å². The molecular formula is C10H13NS. The summed E-state index contributed by atoms with van der Waals surface area (Å²) < 4.78 is 0. The van der Waals surface area contributed by atoms with Gasteiger partial charge in [0.05, 0.1) is 5.49 Å². The molecule has 1 rings (SSSR count). The molecule has 2 heteroatoms. The summed E-state index contributed by atoms with van der Waals surface area (Å²) in [6.07, 6.45) is 0. The van der Waals surface area contributed by atoms with Crippen LogP contribution < -0.4 is 5.32 Å². The molecule has 0 heterocycles. The topological polar surface area (TPSA) is 12.0 Å². The molecule has 0 aromatic heterocycles. The summed E-state index contributed by atoms with van der Waals surface area (Å²) in [7, 11) is 0. The Morgan fingerprint density at radius 1 is 1.42 bits per heavy atom. The molecule has 0 atom stereocenters. The summed E-state index contributed by atoms with van der Waals surface area (Å²) in [6.45, 7) is 4.35. The van der Waals surface area contributed by atoms with Gasteiger partial charge in [0.2, 0.25) is 0 Å². The van der Waals surface area contributed by atoms with E-state index in [0.29, 0.717) is 5.92 Å². The maximum absolute atomic E-state index is 4.71. The van der Waals surface area contributed by atoms with E-state index in [1.54, 1.807) is 0 Å². The van der Waals surface area contributed by atoms with Crippen molar-refractivity contribution in [2.75, 3.05) is 5.32 Å². The second-order valence-electron chi connectivity index (χ2n) is 3.04. The quantitative estimate of drug-likeness (QED) is 0.715. The van der Waals surface area contributed by atoms with Crippen LogP contribution in [0, 0.1) is 0 Å². The summed E-state index contributed by atoms with van der Waals surface area (Å²) >= 11 is 4.71. The van der Waals surface area contributed by atoms with Gasteiger partial charge in [-0.15, -0.1) is 0 Å². The Hall–Kier alpha value is -0.890. The Morgan fingerprint density at radius 3 is 2.75 bits per heavy atom. The molecule has 0 unspecified atom stereocenters. The molecule has 0 fully saturated rings. The number of nitrogens with one attached hydrogen (secondary N) is 1. The van der Waals surface area contributed by atoms with E-state index in [2.05, 4.69) is 31.3 Å². The van der Waals surface area contributed by atoms with E-state index >= 15 is 0 Å². The van der Waals surface area contributed by atoms with Crippen LogP contribution in [0.4, 0.5) is 5.69 Å². The third-order valence-corrected chi connectivity index (χ3v) is 1.90. The Kier molecular flexibility index (Phi) is 3.23. The smallest absolute Gasteiger partial charge is 0.0658 e. The van der Waals surface area contributed by atoms with E-state index in [-0.39, 0.29) is 0 Å². The van der Waals surface area contributed by atoms with Crippen LogP contribution in [-0.2, 0) is 0 Å². The van der Waals surface area contributed by atoms with Crippen molar-refractivity contribution in [1.29, 1.82) is 0 Å². The molecule has 0 aliphatic carbocycles. The number of hydrogen-bond acceptors (Lipinski definition) is 1. The van der Waals surface area contributed by atoms with E-state index in [0.717, 1.165) is 5.69 Å². The maximum Gasteiger partial charge on any atom is 0.0658 e. The molecule has 0 saturated heterocycles. The molecule has 12 heavy (non-hydrogen) atoms. The zero-order valence-corrected chi connectivity index (χ0v) is 8.19. The average molecular weight is 179 g/mol. The fraction of sp³-hybridized carbons (Fsp3) is 0.300. The minimum absolute atomic E-state index is 0.567. The van der Waals surface area contributed by atoms with Gasteiger partial charge in [-0.2, -0.15) is 0 Å². The van der Waals surface area contributed by atoms with Crippen LogP contribution >= 0.6 is 12.2 Å². The van der Waals surface area contributed by atoms with Crippen molar-refractivity contribution in [2.24, 2.45) is 0 Å². The minimum atomic E-state index is 0.567. The Bertz CT molecular complexity index is 268. The van der Waals surface area contributed by atoms with Crippen molar-refractivity contribution in [3.8, 4) is 0 Å². The van der Waals surface area contributed by atoms with Gasteiger partial charge in [-0.1, -0.05) is 38.2 Å². The van der Waals surface area contributed by atoms with Crippen molar-refractivity contribution in [3.05, 3.63) is 29.8 Å². The average Bonchev–Trinajstić information content (AvgIpc) is 2.05. The lowest BCUT2D eigenvalue weighted by Gasteiger charge is -2.06. The summed E-state index contributed by atoms with van der Waals surface area (Å²) in [5.41, 5.74) is 3.92. The SMILES string of the molecule is CC(C)c1cccc(NC=S)c1. The van der Waals surface area contributed by atoms with Crippen LogP contribution in [0.5, 0.6) is 0 Å². The first-order chi connectivity index (χ1) is 5.74. The van der Waals surface area contributed by atoms with E-state index in [1.807, 2.05) is 12.1 Å². The van der Waals surface area contributed by atoms with Gasteiger partial charge in [-0.25, -0.2) is 0 Å². The third kappa shape index (κ3) is 2.31. The Balaban J connectivity index is 2.87. The van der Waals surface area contributed by atoms with Crippen molar-refractivity contribution >= 4 is 23.4 Å². The largest absolute Gasteiger partial charge is 0.353 e. The Labute approximate surface area is 78.8 Å². The molecule has 64 valence electrons. The highest BCUT2D eigenvalue weighted by Crippen LogP contribution is 2.17. The van der Waals surface area contributed by atoms with Crippen LogP contribution in [0.3, 0.4) is 0 Å². The number of thiocarbonyl (C=S) groups is 1. The summed E-state index contributed by atoms with van der Waals surface area (Å²) in [4.78, 5) is 0. The summed E-state index contributed by atoms with van der Waals surface area (Å²) in [5.74, 6) is 0.567. The first-order valence-corrected chi connectivity index (χ1v) is 4.51. The first-order valence-electron chi connectivity index (χ1n) is 4.04. The number of rotatable bonds is 3. The van der Waals surface area contributed by atoms with Crippen molar-refractivity contribution in [1.82, 2.24) is 0 Å². The highest BCUT2D eigenvalue weighted by atomic mass is 32.1. The molecule has 1 aromatic carbocycles.